The monoisotopic (exact) mass is 232 g/mol. The second kappa shape index (κ2) is 3.43. The van der Waals surface area contributed by atoms with Crippen LogP contribution in [0.5, 0.6) is 0 Å². The summed E-state index contributed by atoms with van der Waals surface area (Å²) in [5.74, 6) is 1.06. The second-order valence-electron chi connectivity index (χ2n) is 5.61. The lowest BCUT2D eigenvalue weighted by Gasteiger charge is -2.27. The highest BCUT2D eigenvalue weighted by Gasteiger charge is 2.44. The van der Waals surface area contributed by atoms with Crippen LogP contribution in [0.2, 0.25) is 0 Å². The van der Waals surface area contributed by atoms with E-state index in [4.69, 9.17) is 0 Å². The SMILES string of the molecule is CC(C)(C)S(=O)(=O)N1CC2CNCC2C1. The zero-order chi connectivity index (χ0) is 11.3. The molecule has 4 nitrogen and oxygen atoms in total. The van der Waals surface area contributed by atoms with Gasteiger partial charge in [0.15, 0.2) is 0 Å². The van der Waals surface area contributed by atoms with Crippen molar-refractivity contribution in [3.8, 4) is 0 Å². The predicted octanol–water partition coefficient (Wildman–Crippen LogP) is 0.266. The van der Waals surface area contributed by atoms with Gasteiger partial charge in [0.1, 0.15) is 0 Å². The highest BCUT2D eigenvalue weighted by Crippen LogP contribution is 2.32. The van der Waals surface area contributed by atoms with Gasteiger partial charge >= 0.3 is 0 Å². The molecule has 0 bridgehead atoms. The number of hydrogen-bond acceptors (Lipinski definition) is 3. The minimum absolute atomic E-state index is 0.530. The normalized spacial score (nSPS) is 33.3. The predicted molar refractivity (Wildman–Crippen MR) is 60.1 cm³/mol. The summed E-state index contributed by atoms with van der Waals surface area (Å²) in [5.41, 5.74) is 0. The van der Waals surface area contributed by atoms with Gasteiger partial charge in [-0.3, -0.25) is 0 Å². The number of rotatable bonds is 1. The standard InChI is InChI=1S/C10H20N2O2S/c1-10(2,3)15(13,14)12-6-8-4-11-5-9(8)7-12/h8-9,11H,4-7H2,1-3H3. The van der Waals surface area contributed by atoms with Crippen LogP contribution in [-0.4, -0.2) is 43.6 Å². The summed E-state index contributed by atoms with van der Waals surface area (Å²) in [7, 11) is -3.11. The van der Waals surface area contributed by atoms with Crippen molar-refractivity contribution in [3.05, 3.63) is 0 Å². The van der Waals surface area contributed by atoms with Gasteiger partial charge in [-0.25, -0.2) is 12.7 Å². The Labute approximate surface area is 92.1 Å². The molecule has 0 saturated carbocycles. The molecular weight excluding hydrogens is 212 g/mol. The van der Waals surface area contributed by atoms with Gasteiger partial charge in [0.25, 0.3) is 0 Å². The fraction of sp³-hybridized carbons (Fsp3) is 1.00. The zero-order valence-corrected chi connectivity index (χ0v) is 10.5. The van der Waals surface area contributed by atoms with Gasteiger partial charge in [0.05, 0.1) is 4.75 Å². The fourth-order valence-corrected chi connectivity index (χ4v) is 3.95. The van der Waals surface area contributed by atoms with Crippen LogP contribution in [0, 0.1) is 11.8 Å². The quantitative estimate of drug-likeness (QED) is 0.706. The Kier molecular flexibility index (Phi) is 2.60. The average molecular weight is 232 g/mol. The minimum atomic E-state index is -3.11. The van der Waals surface area contributed by atoms with E-state index in [1.54, 1.807) is 25.1 Å². The fourth-order valence-electron chi connectivity index (χ4n) is 2.40. The van der Waals surface area contributed by atoms with E-state index in [-0.39, 0.29) is 0 Å². The molecule has 5 heteroatoms. The molecule has 2 rings (SSSR count). The van der Waals surface area contributed by atoms with E-state index in [0.717, 1.165) is 13.1 Å². The molecule has 2 atom stereocenters. The molecule has 2 aliphatic heterocycles. The maximum Gasteiger partial charge on any atom is 0.219 e. The van der Waals surface area contributed by atoms with Crippen LogP contribution in [0.25, 0.3) is 0 Å². The van der Waals surface area contributed by atoms with E-state index in [2.05, 4.69) is 5.32 Å². The second-order valence-corrected chi connectivity index (χ2v) is 8.30. The topological polar surface area (TPSA) is 49.4 Å². The molecule has 2 aliphatic rings. The zero-order valence-electron chi connectivity index (χ0n) is 9.66. The van der Waals surface area contributed by atoms with Crippen LogP contribution in [0.4, 0.5) is 0 Å². The van der Waals surface area contributed by atoms with Gasteiger partial charge in [0.2, 0.25) is 10.0 Å². The highest BCUT2D eigenvalue weighted by molar-refractivity contribution is 7.90. The Hall–Kier alpha value is -0.130. The third-order valence-corrected chi connectivity index (χ3v) is 6.00. The molecule has 0 aliphatic carbocycles. The van der Waals surface area contributed by atoms with Crippen molar-refractivity contribution in [2.24, 2.45) is 11.8 Å². The van der Waals surface area contributed by atoms with Gasteiger partial charge in [-0.15, -0.1) is 0 Å². The van der Waals surface area contributed by atoms with E-state index >= 15 is 0 Å². The first-order valence-corrected chi connectivity index (χ1v) is 6.97. The van der Waals surface area contributed by atoms with E-state index in [1.807, 2.05) is 0 Å². The van der Waals surface area contributed by atoms with Gasteiger partial charge < -0.3 is 5.32 Å². The van der Waals surface area contributed by atoms with Crippen LogP contribution < -0.4 is 5.32 Å². The largest absolute Gasteiger partial charge is 0.316 e. The summed E-state index contributed by atoms with van der Waals surface area (Å²) in [6, 6.07) is 0. The first-order valence-electron chi connectivity index (χ1n) is 5.53. The van der Waals surface area contributed by atoms with Crippen molar-refractivity contribution >= 4 is 10.0 Å². The summed E-state index contributed by atoms with van der Waals surface area (Å²) >= 11 is 0. The van der Waals surface area contributed by atoms with Crippen molar-refractivity contribution in [1.29, 1.82) is 0 Å². The number of sulfonamides is 1. The number of hydrogen-bond donors (Lipinski definition) is 1. The Morgan fingerprint density at radius 1 is 1.13 bits per heavy atom. The van der Waals surface area contributed by atoms with Crippen LogP contribution in [0.15, 0.2) is 0 Å². The third kappa shape index (κ3) is 1.81. The lowest BCUT2D eigenvalue weighted by molar-refractivity contribution is 0.427. The van der Waals surface area contributed by atoms with E-state index < -0.39 is 14.8 Å². The highest BCUT2D eigenvalue weighted by atomic mass is 32.2. The Morgan fingerprint density at radius 2 is 1.60 bits per heavy atom. The maximum absolute atomic E-state index is 12.2. The summed E-state index contributed by atoms with van der Waals surface area (Å²) in [6.45, 7) is 8.67. The lowest BCUT2D eigenvalue weighted by atomic mass is 10.0. The van der Waals surface area contributed by atoms with Crippen LogP contribution in [0.3, 0.4) is 0 Å². The first-order chi connectivity index (χ1) is 6.82. The van der Waals surface area contributed by atoms with E-state index in [1.165, 1.54) is 0 Å². The van der Waals surface area contributed by atoms with Gasteiger partial charge in [-0.05, 0) is 45.7 Å². The van der Waals surface area contributed by atoms with Crippen molar-refractivity contribution < 1.29 is 8.42 Å². The van der Waals surface area contributed by atoms with E-state index in [9.17, 15) is 8.42 Å². The van der Waals surface area contributed by atoms with Crippen LogP contribution >= 0.6 is 0 Å². The lowest BCUT2D eigenvalue weighted by Crippen LogP contribution is -2.42. The van der Waals surface area contributed by atoms with Crippen molar-refractivity contribution in [2.75, 3.05) is 26.2 Å². The number of nitrogens with one attached hydrogen (secondary N) is 1. The maximum atomic E-state index is 12.2. The summed E-state index contributed by atoms with van der Waals surface area (Å²) in [4.78, 5) is 0. The molecule has 88 valence electrons. The van der Waals surface area contributed by atoms with Crippen molar-refractivity contribution in [2.45, 2.75) is 25.5 Å². The third-order valence-electron chi connectivity index (χ3n) is 3.47. The molecule has 0 aromatic carbocycles. The minimum Gasteiger partial charge on any atom is -0.316 e. The summed E-state index contributed by atoms with van der Waals surface area (Å²) in [6.07, 6.45) is 0. The molecular formula is C10H20N2O2S. The Morgan fingerprint density at radius 3 is 2.00 bits per heavy atom. The first kappa shape index (κ1) is 11.4. The van der Waals surface area contributed by atoms with Gasteiger partial charge in [-0.1, -0.05) is 0 Å². The number of fused-ring (bicyclic) bond motifs is 1. The van der Waals surface area contributed by atoms with Crippen molar-refractivity contribution in [3.63, 3.8) is 0 Å². The Balaban J connectivity index is 2.15. The molecule has 1 N–H and O–H groups in total. The average Bonchev–Trinajstić information content (AvgIpc) is 2.57. The molecule has 0 aromatic heterocycles. The smallest absolute Gasteiger partial charge is 0.219 e. The number of nitrogens with zero attached hydrogens (tertiary/aromatic N) is 1. The molecule has 2 fully saturated rings. The van der Waals surface area contributed by atoms with Crippen LogP contribution in [-0.2, 0) is 10.0 Å². The molecule has 2 unspecified atom stereocenters. The summed E-state index contributed by atoms with van der Waals surface area (Å²) in [5, 5.41) is 3.31. The Bertz CT molecular complexity index is 333. The molecule has 0 spiro atoms. The molecule has 2 heterocycles. The molecule has 0 aromatic rings. The summed E-state index contributed by atoms with van der Waals surface area (Å²) < 4.78 is 25.4. The van der Waals surface area contributed by atoms with Crippen LogP contribution in [0.1, 0.15) is 20.8 Å². The molecule has 15 heavy (non-hydrogen) atoms. The van der Waals surface area contributed by atoms with Gasteiger partial charge in [0, 0.05) is 13.1 Å². The molecule has 0 amide bonds. The molecule has 0 radical (unpaired) electrons. The van der Waals surface area contributed by atoms with Gasteiger partial charge in [-0.2, -0.15) is 0 Å². The molecule has 2 saturated heterocycles. The van der Waals surface area contributed by atoms with E-state index in [0.29, 0.717) is 24.9 Å². The van der Waals surface area contributed by atoms with Crippen molar-refractivity contribution in [1.82, 2.24) is 9.62 Å².